The Morgan fingerprint density at radius 2 is 1.72 bits per heavy atom. The third kappa shape index (κ3) is 8.02. The number of sulfonamides is 1. The van der Waals surface area contributed by atoms with Crippen LogP contribution in [0.2, 0.25) is 0 Å². The van der Waals surface area contributed by atoms with Gasteiger partial charge < -0.3 is 20.1 Å². The third-order valence-corrected chi connectivity index (χ3v) is 6.85. The molecule has 4 N–H and O–H groups in total. The summed E-state index contributed by atoms with van der Waals surface area (Å²) in [6.07, 6.45) is -3.46. The first-order valence-electron chi connectivity index (χ1n) is 12.0. The molecule has 0 aliphatic rings. The van der Waals surface area contributed by atoms with E-state index in [0.29, 0.717) is 49.4 Å². The number of benzene rings is 3. The topological polar surface area (TPSA) is 120 Å². The van der Waals surface area contributed by atoms with Gasteiger partial charge in [0.25, 0.3) is 5.91 Å². The van der Waals surface area contributed by atoms with Crippen LogP contribution >= 0.6 is 0 Å². The first kappa shape index (κ1) is 30.1. The predicted molar refractivity (Wildman–Crippen MR) is 142 cm³/mol. The lowest BCUT2D eigenvalue weighted by atomic mass is 9.92. The highest BCUT2D eigenvalue weighted by Gasteiger charge is 2.33. The maximum Gasteiger partial charge on any atom is 0.417 e. The number of hydrogen-bond acceptors (Lipinski definition) is 6. The van der Waals surface area contributed by atoms with Gasteiger partial charge in [0.15, 0.2) is 0 Å². The Morgan fingerprint density at radius 3 is 2.38 bits per heavy atom. The number of methoxy groups -OCH3 is 2. The number of ether oxygens (including phenoxy) is 2. The van der Waals surface area contributed by atoms with Crippen LogP contribution in [0.25, 0.3) is 11.1 Å². The van der Waals surface area contributed by atoms with Crippen LogP contribution in [0, 0.1) is 0 Å². The Morgan fingerprint density at radius 1 is 0.974 bits per heavy atom. The lowest BCUT2D eigenvalue weighted by molar-refractivity contribution is -0.137. The molecule has 1 amide bonds. The van der Waals surface area contributed by atoms with Crippen LogP contribution in [0.3, 0.4) is 0 Å². The van der Waals surface area contributed by atoms with Crippen molar-refractivity contribution in [1.82, 2.24) is 5.32 Å². The average molecular weight is 566 g/mol. The predicted octanol–water partition coefficient (Wildman–Crippen LogP) is 4.45. The van der Waals surface area contributed by atoms with Crippen molar-refractivity contribution in [3.8, 4) is 16.9 Å². The number of nitrogens with one attached hydrogen (secondary N) is 2. The number of primary sulfonamides is 1. The number of rotatable bonds is 12. The first-order chi connectivity index (χ1) is 18.5. The second kappa shape index (κ2) is 13.1. The van der Waals surface area contributed by atoms with Gasteiger partial charge in [-0.25, -0.2) is 13.6 Å². The smallest absolute Gasteiger partial charge is 0.417 e. The summed E-state index contributed by atoms with van der Waals surface area (Å²) >= 11 is 0. The second-order valence-corrected chi connectivity index (χ2v) is 10.2. The van der Waals surface area contributed by atoms with Gasteiger partial charge in [0.1, 0.15) is 10.6 Å². The molecule has 210 valence electrons. The Labute approximate surface area is 225 Å². The fourth-order valence-electron chi connectivity index (χ4n) is 4.06. The van der Waals surface area contributed by atoms with Gasteiger partial charge in [-0.2, -0.15) is 13.2 Å². The zero-order chi connectivity index (χ0) is 28.6. The lowest BCUT2D eigenvalue weighted by Crippen LogP contribution is -2.20. The van der Waals surface area contributed by atoms with Crippen LogP contribution in [0.15, 0.2) is 65.6 Å². The molecule has 3 aromatic rings. The van der Waals surface area contributed by atoms with Crippen LogP contribution in [0.4, 0.5) is 18.9 Å². The maximum absolute atomic E-state index is 13.8. The Bertz CT molecular complexity index is 1410. The van der Waals surface area contributed by atoms with E-state index < -0.39 is 27.7 Å². The molecule has 3 aromatic carbocycles. The number of nitrogens with two attached hydrogens (primary N) is 1. The molecule has 0 bridgehead atoms. The van der Waals surface area contributed by atoms with E-state index in [1.54, 1.807) is 25.3 Å². The zero-order valence-corrected chi connectivity index (χ0v) is 22.3. The van der Waals surface area contributed by atoms with E-state index in [1.807, 2.05) is 0 Å². The van der Waals surface area contributed by atoms with Crippen LogP contribution in [0.5, 0.6) is 5.75 Å². The van der Waals surface area contributed by atoms with Gasteiger partial charge in [-0.1, -0.05) is 24.3 Å². The Kier molecular flexibility index (Phi) is 10.1. The van der Waals surface area contributed by atoms with Crippen molar-refractivity contribution in [2.24, 2.45) is 5.14 Å². The van der Waals surface area contributed by atoms with E-state index in [4.69, 9.17) is 14.6 Å². The van der Waals surface area contributed by atoms with E-state index in [-0.39, 0.29) is 21.8 Å². The summed E-state index contributed by atoms with van der Waals surface area (Å²) in [5.41, 5.74) is 0.814. The van der Waals surface area contributed by atoms with E-state index >= 15 is 0 Å². The molecule has 0 aliphatic heterocycles. The Balaban J connectivity index is 1.92. The van der Waals surface area contributed by atoms with Crippen molar-refractivity contribution in [3.63, 3.8) is 0 Å². The quantitative estimate of drug-likeness (QED) is 0.279. The van der Waals surface area contributed by atoms with Gasteiger partial charge in [0, 0.05) is 24.9 Å². The van der Waals surface area contributed by atoms with Crippen LogP contribution in [-0.2, 0) is 27.4 Å². The Hall–Kier alpha value is -3.45. The third-order valence-electron chi connectivity index (χ3n) is 5.90. The molecule has 0 atom stereocenters. The van der Waals surface area contributed by atoms with Crippen molar-refractivity contribution in [3.05, 3.63) is 77.4 Å². The van der Waals surface area contributed by atoms with Crippen molar-refractivity contribution < 1.29 is 35.9 Å². The lowest BCUT2D eigenvalue weighted by Gasteiger charge is -2.17. The number of aryl methyl sites for hydroxylation is 1. The number of halogens is 3. The van der Waals surface area contributed by atoms with Gasteiger partial charge in [0.2, 0.25) is 10.0 Å². The highest BCUT2D eigenvalue weighted by molar-refractivity contribution is 7.89. The number of hydrogen-bond donors (Lipinski definition) is 3. The number of alkyl halides is 3. The SMILES string of the molecule is COCCNCCCc1cc(NC(=O)c2ccc(S(N)(=O)=O)c(OC)c2)ccc1-c1ccccc1C(F)(F)F. The molecule has 0 heterocycles. The summed E-state index contributed by atoms with van der Waals surface area (Å²) in [5.74, 6) is -0.657. The van der Waals surface area contributed by atoms with Crippen molar-refractivity contribution >= 4 is 21.6 Å². The highest BCUT2D eigenvalue weighted by atomic mass is 32.2. The number of amides is 1. The maximum atomic E-state index is 13.8. The molecule has 8 nitrogen and oxygen atoms in total. The van der Waals surface area contributed by atoms with E-state index in [1.165, 1.54) is 43.5 Å². The molecule has 0 spiro atoms. The van der Waals surface area contributed by atoms with Gasteiger partial charge in [-0.05, 0) is 72.5 Å². The second-order valence-electron chi connectivity index (χ2n) is 8.63. The fraction of sp³-hybridized carbons (Fsp3) is 0.296. The molecular formula is C27H30F3N3O5S. The molecule has 39 heavy (non-hydrogen) atoms. The normalized spacial score (nSPS) is 11.8. The van der Waals surface area contributed by atoms with E-state index in [0.717, 1.165) is 6.07 Å². The minimum atomic E-state index is -4.54. The molecule has 0 saturated carbocycles. The number of carbonyl (C=O) groups is 1. The van der Waals surface area contributed by atoms with Gasteiger partial charge in [-0.15, -0.1) is 0 Å². The standard InChI is InChI=1S/C27H30F3N3O5S/c1-37-15-14-32-13-5-6-18-16-20(10-11-21(18)22-7-3-4-8-23(22)27(28,29)30)33-26(34)19-9-12-25(39(31,35)36)24(17-19)38-2/h3-4,7-12,16-17,32H,5-6,13-15H2,1-2H3,(H,33,34)(H2,31,35,36). The van der Waals surface area contributed by atoms with E-state index in [9.17, 15) is 26.4 Å². The summed E-state index contributed by atoms with van der Waals surface area (Å²) in [7, 11) is -1.22. The summed E-state index contributed by atoms with van der Waals surface area (Å²) in [5, 5.41) is 11.1. The van der Waals surface area contributed by atoms with Crippen molar-refractivity contribution in [2.45, 2.75) is 23.9 Å². The molecule has 3 rings (SSSR count). The van der Waals surface area contributed by atoms with E-state index in [2.05, 4.69) is 10.6 Å². The largest absolute Gasteiger partial charge is 0.495 e. The van der Waals surface area contributed by atoms with Crippen molar-refractivity contribution in [1.29, 1.82) is 0 Å². The highest BCUT2D eigenvalue weighted by Crippen LogP contribution is 2.39. The molecule has 12 heteroatoms. The van der Waals surface area contributed by atoms with Crippen LogP contribution in [0.1, 0.15) is 27.9 Å². The summed E-state index contributed by atoms with van der Waals surface area (Å²) < 4.78 is 74.8. The number of anilines is 1. The molecule has 0 saturated heterocycles. The average Bonchev–Trinajstić information content (AvgIpc) is 2.89. The molecule has 0 radical (unpaired) electrons. The van der Waals surface area contributed by atoms with Gasteiger partial charge in [0.05, 0.1) is 19.3 Å². The van der Waals surface area contributed by atoms with Crippen molar-refractivity contribution in [2.75, 3.05) is 39.2 Å². The fourth-order valence-corrected chi connectivity index (χ4v) is 4.74. The molecule has 0 aromatic heterocycles. The molecule has 0 unspecified atom stereocenters. The molecule has 0 fully saturated rings. The molecule has 0 aliphatic carbocycles. The van der Waals surface area contributed by atoms with Gasteiger partial charge in [-0.3, -0.25) is 4.79 Å². The number of carbonyl (C=O) groups excluding carboxylic acids is 1. The minimum absolute atomic E-state index is 0.0496. The first-order valence-corrected chi connectivity index (χ1v) is 13.5. The zero-order valence-electron chi connectivity index (χ0n) is 21.5. The molecular weight excluding hydrogens is 535 g/mol. The monoisotopic (exact) mass is 565 g/mol. The van der Waals surface area contributed by atoms with Gasteiger partial charge >= 0.3 is 6.18 Å². The minimum Gasteiger partial charge on any atom is -0.495 e. The van der Waals surface area contributed by atoms with Crippen LogP contribution < -0.4 is 20.5 Å². The summed E-state index contributed by atoms with van der Waals surface area (Å²) in [4.78, 5) is 12.7. The van der Waals surface area contributed by atoms with Crippen LogP contribution in [-0.4, -0.2) is 48.2 Å². The summed E-state index contributed by atoms with van der Waals surface area (Å²) in [6, 6.07) is 13.8. The summed E-state index contributed by atoms with van der Waals surface area (Å²) in [6.45, 7) is 1.80.